The van der Waals surface area contributed by atoms with Gasteiger partial charge in [0.1, 0.15) is 17.1 Å². The van der Waals surface area contributed by atoms with Crippen molar-refractivity contribution in [2.75, 3.05) is 11.9 Å². The zero-order valence-electron chi connectivity index (χ0n) is 18.5. The lowest BCUT2D eigenvalue weighted by Gasteiger charge is -2.25. The van der Waals surface area contributed by atoms with E-state index < -0.39 is 17.8 Å². The number of barbiturate groups is 1. The van der Waals surface area contributed by atoms with E-state index in [1.165, 1.54) is 12.3 Å². The number of nitrogens with one attached hydrogen (secondary N) is 2. The second-order valence-electron chi connectivity index (χ2n) is 7.68. The first-order valence-electron chi connectivity index (χ1n) is 10.5. The van der Waals surface area contributed by atoms with Crippen LogP contribution in [0.1, 0.15) is 16.9 Å². The van der Waals surface area contributed by atoms with E-state index in [1.54, 1.807) is 42.5 Å². The van der Waals surface area contributed by atoms with Crippen molar-refractivity contribution in [1.29, 1.82) is 0 Å². The molecule has 178 valence electrons. The second kappa shape index (κ2) is 10.4. The van der Waals surface area contributed by atoms with Gasteiger partial charge in [0, 0.05) is 5.69 Å². The Labute approximate surface area is 208 Å². The highest BCUT2D eigenvalue weighted by atomic mass is 79.9. The van der Waals surface area contributed by atoms with Crippen molar-refractivity contribution in [1.82, 2.24) is 10.2 Å². The molecule has 9 nitrogen and oxygen atoms in total. The number of furan rings is 1. The number of anilines is 1. The Morgan fingerprint density at radius 1 is 1.14 bits per heavy atom. The van der Waals surface area contributed by atoms with Gasteiger partial charge < -0.3 is 14.5 Å². The summed E-state index contributed by atoms with van der Waals surface area (Å²) in [6, 6.07) is 14.7. The number of rotatable bonds is 7. The Balaban J connectivity index is 1.43. The first-order chi connectivity index (χ1) is 16.8. The van der Waals surface area contributed by atoms with Gasteiger partial charge in [0.2, 0.25) is 0 Å². The fraction of sp³-hybridized carbons (Fsp3) is 0.120. The number of hydrogen-bond donors (Lipinski definition) is 2. The van der Waals surface area contributed by atoms with E-state index in [-0.39, 0.29) is 24.6 Å². The molecule has 1 aliphatic rings. The molecule has 10 heteroatoms. The molecule has 2 N–H and O–H groups in total. The number of halogens is 1. The Hall–Kier alpha value is -4.18. The molecule has 0 radical (unpaired) electrons. The zero-order valence-corrected chi connectivity index (χ0v) is 20.1. The van der Waals surface area contributed by atoms with E-state index in [0.717, 1.165) is 10.5 Å². The highest BCUT2D eigenvalue weighted by Gasteiger charge is 2.36. The van der Waals surface area contributed by atoms with Crippen LogP contribution < -0.4 is 15.4 Å². The maximum Gasteiger partial charge on any atom is 0.331 e. The van der Waals surface area contributed by atoms with Crippen LogP contribution in [0.2, 0.25) is 0 Å². The summed E-state index contributed by atoms with van der Waals surface area (Å²) < 4.78 is 11.3. The van der Waals surface area contributed by atoms with Crippen LogP contribution in [0.5, 0.6) is 5.75 Å². The molecule has 1 saturated heterocycles. The van der Waals surface area contributed by atoms with E-state index >= 15 is 0 Å². The van der Waals surface area contributed by atoms with E-state index in [0.29, 0.717) is 27.2 Å². The molecule has 0 unspecified atom stereocenters. The predicted molar refractivity (Wildman–Crippen MR) is 130 cm³/mol. The molecule has 0 bridgehead atoms. The van der Waals surface area contributed by atoms with E-state index in [2.05, 4.69) is 26.6 Å². The van der Waals surface area contributed by atoms with Gasteiger partial charge in [-0.25, -0.2) is 4.79 Å². The number of imide groups is 2. The summed E-state index contributed by atoms with van der Waals surface area (Å²) in [5.41, 5.74) is 2.07. The minimum atomic E-state index is -0.817. The van der Waals surface area contributed by atoms with Crippen molar-refractivity contribution in [2.45, 2.75) is 13.5 Å². The molecule has 0 atom stereocenters. The van der Waals surface area contributed by atoms with Gasteiger partial charge in [-0.2, -0.15) is 0 Å². The number of aryl methyl sites for hydroxylation is 1. The summed E-state index contributed by atoms with van der Waals surface area (Å²) in [6.07, 6.45) is 2.80. The minimum absolute atomic E-state index is 0.108. The summed E-state index contributed by atoms with van der Waals surface area (Å²) in [4.78, 5) is 50.4. The molecule has 4 rings (SSSR count). The predicted octanol–water partition coefficient (Wildman–Crippen LogP) is 4.03. The van der Waals surface area contributed by atoms with Gasteiger partial charge in [-0.1, -0.05) is 23.8 Å². The van der Waals surface area contributed by atoms with Crippen molar-refractivity contribution < 1.29 is 28.3 Å². The van der Waals surface area contributed by atoms with Gasteiger partial charge in [0.15, 0.2) is 6.61 Å². The zero-order chi connectivity index (χ0) is 24.9. The number of urea groups is 1. The van der Waals surface area contributed by atoms with E-state index in [9.17, 15) is 19.2 Å². The second-order valence-corrected chi connectivity index (χ2v) is 8.54. The third-order valence-corrected chi connectivity index (χ3v) is 5.66. The lowest BCUT2D eigenvalue weighted by molar-refractivity contribution is -0.130. The molecular weight excluding hydrogens is 518 g/mol. The number of hydrogen-bond acceptors (Lipinski definition) is 6. The largest absolute Gasteiger partial charge is 0.483 e. The van der Waals surface area contributed by atoms with Crippen LogP contribution in [0.3, 0.4) is 0 Å². The molecule has 1 aliphatic heterocycles. The molecule has 0 saturated carbocycles. The van der Waals surface area contributed by atoms with Crippen molar-refractivity contribution in [3.05, 3.63) is 87.8 Å². The van der Waals surface area contributed by atoms with E-state index in [4.69, 9.17) is 9.15 Å². The van der Waals surface area contributed by atoms with Gasteiger partial charge in [0.25, 0.3) is 17.7 Å². The summed E-state index contributed by atoms with van der Waals surface area (Å²) in [5.74, 6) is -1.05. The van der Waals surface area contributed by atoms with Crippen molar-refractivity contribution in [3.8, 4) is 5.75 Å². The quantitative estimate of drug-likeness (QED) is 0.347. The summed E-state index contributed by atoms with van der Waals surface area (Å²) in [6.45, 7) is 1.64. The number of ether oxygens (including phenoxy) is 1. The number of nitrogens with zero attached hydrogens (tertiary/aromatic N) is 1. The van der Waals surface area contributed by atoms with Crippen LogP contribution in [0.4, 0.5) is 10.5 Å². The van der Waals surface area contributed by atoms with Crippen LogP contribution in [-0.2, 0) is 20.9 Å². The standard InChI is InChI=1S/C25H20BrN3O6/c1-15-4-7-17(8-5-15)27-22(30)14-35-21-9-6-16(12-20(21)26)11-19-23(31)28-25(33)29(24(19)32)13-18-3-2-10-34-18/h2-12H,13-14H2,1H3,(H,27,30)(H,28,31,33)/b19-11+. The molecule has 3 aromatic rings. The van der Waals surface area contributed by atoms with Crippen LogP contribution in [-0.4, -0.2) is 35.3 Å². The van der Waals surface area contributed by atoms with Crippen LogP contribution >= 0.6 is 15.9 Å². The highest BCUT2D eigenvalue weighted by molar-refractivity contribution is 9.10. The number of carbonyl (C=O) groups is 4. The van der Waals surface area contributed by atoms with Crippen molar-refractivity contribution >= 4 is 51.4 Å². The smallest absolute Gasteiger partial charge is 0.331 e. The monoisotopic (exact) mass is 537 g/mol. The van der Waals surface area contributed by atoms with Gasteiger partial charge in [-0.05, 0) is 70.9 Å². The normalized spacial score (nSPS) is 14.7. The van der Waals surface area contributed by atoms with Crippen LogP contribution in [0.15, 0.2) is 75.3 Å². The molecule has 2 heterocycles. The topological polar surface area (TPSA) is 118 Å². The summed E-state index contributed by atoms with van der Waals surface area (Å²) >= 11 is 3.38. The average Bonchev–Trinajstić information content (AvgIpc) is 3.34. The molecule has 1 fully saturated rings. The maximum atomic E-state index is 12.8. The van der Waals surface area contributed by atoms with Gasteiger partial charge in [0.05, 0.1) is 17.3 Å². The average molecular weight is 538 g/mol. The van der Waals surface area contributed by atoms with Gasteiger partial charge >= 0.3 is 6.03 Å². The first kappa shape index (κ1) is 24.0. The molecule has 0 spiro atoms. The maximum absolute atomic E-state index is 12.8. The fourth-order valence-corrected chi connectivity index (χ4v) is 3.77. The van der Waals surface area contributed by atoms with Crippen molar-refractivity contribution in [3.63, 3.8) is 0 Å². The minimum Gasteiger partial charge on any atom is -0.483 e. The molecular formula is C25H20BrN3O6. The third kappa shape index (κ3) is 5.85. The fourth-order valence-electron chi connectivity index (χ4n) is 3.26. The summed E-state index contributed by atoms with van der Waals surface area (Å²) in [7, 11) is 0. The Bertz CT molecular complexity index is 1320. The Kier molecular flexibility index (Phi) is 7.11. The molecule has 0 aliphatic carbocycles. The molecule has 5 amide bonds. The molecule has 1 aromatic heterocycles. The number of benzene rings is 2. The number of amides is 5. The lowest BCUT2D eigenvalue weighted by atomic mass is 10.1. The third-order valence-electron chi connectivity index (χ3n) is 5.04. The first-order valence-corrected chi connectivity index (χ1v) is 11.3. The Morgan fingerprint density at radius 3 is 2.60 bits per heavy atom. The van der Waals surface area contributed by atoms with Crippen LogP contribution in [0.25, 0.3) is 6.08 Å². The lowest BCUT2D eigenvalue weighted by Crippen LogP contribution is -2.53. The Morgan fingerprint density at radius 2 is 1.91 bits per heavy atom. The number of carbonyl (C=O) groups excluding carboxylic acids is 4. The van der Waals surface area contributed by atoms with Crippen LogP contribution in [0, 0.1) is 6.92 Å². The molecule has 2 aromatic carbocycles. The van der Waals surface area contributed by atoms with Crippen molar-refractivity contribution in [2.24, 2.45) is 0 Å². The van der Waals surface area contributed by atoms with Gasteiger partial charge in [-0.3, -0.25) is 24.6 Å². The molecule has 35 heavy (non-hydrogen) atoms. The van der Waals surface area contributed by atoms with E-state index in [1.807, 2.05) is 19.1 Å². The highest BCUT2D eigenvalue weighted by Crippen LogP contribution is 2.28. The SMILES string of the molecule is Cc1ccc(NC(=O)COc2ccc(/C=C3\C(=O)NC(=O)N(Cc4ccco4)C3=O)cc2Br)cc1. The summed E-state index contributed by atoms with van der Waals surface area (Å²) in [5, 5.41) is 4.91. The van der Waals surface area contributed by atoms with Gasteiger partial charge in [-0.15, -0.1) is 0 Å².